The van der Waals surface area contributed by atoms with E-state index >= 15 is 0 Å². The highest BCUT2D eigenvalue weighted by Crippen LogP contribution is 2.50. The van der Waals surface area contributed by atoms with Gasteiger partial charge in [-0.15, -0.1) is 0 Å². The molecule has 0 amide bonds. The van der Waals surface area contributed by atoms with Crippen LogP contribution < -0.4 is 9.47 Å². The van der Waals surface area contributed by atoms with Crippen molar-refractivity contribution in [1.82, 2.24) is 0 Å². The van der Waals surface area contributed by atoms with Gasteiger partial charge in [0.1, 0.15) is 34.5 Å². The molecule has 0 saturated carbocycles. The summed E-state index contributed by atoms with van der Waals surface area (Å²) in [5.74, 6) is 1.34. The van der Waals surface area contributed by atoms with Crippen molar-refractivity contribution < 1.29 is 29.9 Å². The summed E-state index contributed by atoms with van der Waals surface area (Å²) in [4.78, 5) is 0. The van der Waals surface area contributed by atoms with Crippen molar-refractivity contribution in [1.29, 1.82) is 0 Å². The lowest BCUT2D eigenvalue weighted by Gasteiger charge is -2.19. The molecule has 210 valence electrons. The second kappa shape index (κ2) is 10.4. The molecule has 0 aromatic heterocycles. The molecule has 0 radical (unpaired) electrons. The normalized spacial score (nSPS) is 13.9. The van der Waals surface area contributed by atoms with Gasteiger partial charge in [0.25, 0.3) is 0 Å². The van der Waals surface area contributed by atoms with Crippen LogP contribution >= 0.6 is 0 Å². The first-order chi connectivity index (χ1) is 20.5. The Labute approximate surface area is 242 Å². The van der Waals surface area contributed by atoms with Crippen molar-refractivity contribution in [3.63, 3.8) is 0 Å². The number of phenolic OH excluding ortho intramolecular Hbond substituents is 4. The second-order valence-corrected chi connectivity index (χ2v) is 10.8. The molecule has 6 aromatic carbocycles. The highest BCUT2D eigenvalue weighted by molar-refractivity contribution is 6.16. The molecule has 1 heterocycles. The Morgan fingerprint density at radius 3 is 1.17 bits per heavy atom. The average Bonchev–Trinajstić information content (AvgIpc) is 2.99. The van der Waals surface area contributed by atoms with Crippen molar-refractivity contribution in [3.8, 4) is 56.8 Å². The molecule has 4 N–H and O–H groups in total. The molecule has 1 aliphatic rings. The van der Waals surface area contributed by atoms with Crippen molar-refractivity contribution in [3.05, 3.63) is 84.9 Å². The summed E-state index contributed by atoms with van der Waals surface area (Å²) in [5, 5.41) is 49.4. The zero-order valence-electron chi connectivity index (χ0n) is 22.9. The molecule has 0 spiro atoms. The average molecular weight is 559 g/mol. The van der Waals surface area contributed by atoms with Gasteiger partial charge in [-0.3, -0.25) is 0 Å². The van der Waals surface area contributed by atoms with Gasteiger partial charge in [-0.1, -0.05) is 24.3 Å². The number of phenols is 4. The zero-order valence-corrected chi connectivity index (χ0v) is 22.9. The highest BCUT2D eigenvalue weighted by atomic mass is 16.5. The molecule has 6 aromatic rings. The summed E-state index contributed by atoms with van der Waals surface area (Å²) in [6.07, 6.45) is 3.81. The molecule has 6 heteroatoms. The molecule has 0 unspecified atom stereocenters. The number of fused-ring (bicyclic) bond motifs is 4. The minimum atomic E-state index is -0.0202. The van der Waals surface area contributed by atoms with E-state index in [9.17, 15) is 20.4 Å². The quantitative estimate of drug-likeness (QED) is 0.149. The van der Waals surface area contributed by atoms with Gasteiger partial charge in [-0.2, -0.15) is 0 Å². The first kappa shape index (κ1) is 25.8. The van der Waals surface area contributed by atoms with E-state index in [4.69, 9.17) is 9.47 Å². The molecular formula is C36H30O6. The molecular weight excluding hydrogens is 528 g/mol. The Bertz CT molecular complexity index is 1850. The predicted octanol–water partition coefficient (Wildman–Crippen LogP) is 8.63. The Morgan fingerprint density at radius 1 is 0.381 bits per heavy atom. The van der Waals surface area contributed by atoms with Gasteiger partial charge in [-0.05, 0) is 119 Å². The van der Waals surface area contributed by atoms with Crippen LogP contribution in [0.3, 0.4) is 0 Å². The third-order valence-electron chi connectivity index (χ3n) is 8.17. The molecule has 0 aliphatic carbocycles. The van der Waals surface area contributed by atoms with Crippen LogP contribution in [-0.2, 0) is 0 Å². The Hall–Kier alpha value is -5.10. The van der Waals surface area contributed by atoms with E-state index in [1.165, 1.54) is 0 Å². The Balaban J connectivity index is 1.57. The summed E-state index contributed by atoms with van der Waals surface area (Å²) in [5.41, 5.74) is 1.77. The van der Waals surface area contributed by atoms with Crippen LogP contribution in [0.1, 0.15) is 25.7 Å². The van der Waals surface area contributed by atoms with Crippen LogP contribution in [0.15, 0.2) is 84.9 Å². The number of benzene rings is 6. The smallest absolute Gasteiger partial charge is 0.124 e. The summed E-state index contributed by atoms with van der Waals surface area (Å²) in [7, 11) is 0. The van der Waals surface area contributed by atoms with Gasteiger partial charge >= 0.3 is 0 Å². The van der Waals surface area contributed by atoms with E-state index in [1.807, 2.05) is 48.5 Å². The number of hydrogen-bond acceptors (Lipinski definition) is 6. The first-order valence-electron chi connectivity index (χ1n) is 14.2. The molecule has 8 bridgehead atoms. The Morgan fingerprint density at radius 2 is 0.738 bits per heavy atom. The van der Waals surface area contributed by atoms with Gasteiger partial charge in [-0.25, -0.2) is 0 Å². The lowest BCUT2D eigenvalue weighted by molar-refractivity contribution is 0.288. The van der Waals surface area contributed by atoms with Crippen LogP contribution in [-0.4, -0.2) is 33.6 Å². The second-order valence-electron chi connectivity index (χ2n) is 10.8. The number of ether oxygens (including phenoxy) is 2. The van der Waals surface area contributed by atoms with Gasteiger partial charge < -0.3 is 29.9 Å². The number of hydrogen-bond donors (Lipinski definition) is 4. The largest absolute Gasteiger partial charge is 0.507 e. The molecule has 6 nitrogen and oxygen atoms in total. The van der Waals surface area contributed by atoms with Crippen molar-refractivity contribution in [2.24, 2.45) is 0 Å². The monoisotopic (exact) mass is 558 g/mol. The maximum absolute atomic E-state index is 11.3. The fourth-order valence-electron chi connectivity index (χ4n) is 6.13. The molecule has 0 saturated heterocycles. The number of rotatable bonds is 0. The van der Waals surface area contributed by atoms with E-state index in [2.05, 4.69) is 0 Å². The molecule has 0 fully saturated rings. The van der Waals surface area contributed by atoms with Crippen molar-refractivity contribution >= 4 is 32.3 Å². The zero-order chi connectivity index (χ0) is 28.8. The minimum absolute atomic E-state index is 0.00835. The van der Waals surface area contributed by atoms with Gasteiger partial charge in [0.05, 0.1) is 13.2 Å². The fraction of sp³-hybridized carbons (Fsp3) is 0.167. The first-order valence-corrected chi connectivity index (χ1v) is 14.2. The van der Waals surface area contributed by atoms with Gasteiger partial charge in [0.2, 0.25) is 0 Å². The topological polar surface area (TPSA) is 99.4 Å². The van der Waals surface area contributed by atoms with Crippen LogP contribution in [0, 0.1) is 0 Å². The molecule has 42 heavy (non-hydrogen) atoms. The van der Waals surface area contributed by atoms with E-state index < -0.39 is 0 Å². The maximum atomic E-state index is 11.3. The van der Waals surface area contributed by atoms with Crippen LogP contribution in [0.4, 0.5) is 0 Å². The van der Waals surface area contributed by atoms with E-state index in [-0.39, 0.29) is 23.0 Å². The summed E-state index contributed by atoms with van der Waals surface area (Å²) in [6.45, 7) is 1.14. The standard InChI is InChI=1S/C36H30O6/c37-29-13-7-21-5-9-23-19-27(21)35(29)33-25-11-16-32(40)34(26(25)12-15-31(33)39)36-28-20-24(10-6-22(28)8-14-30(36)38)42-18-4-2-1-3-17-41-23/h5-16,19-20,37-40H,1-4,17-18H2. The van der Waals surface area contributed by atoms with Gasteiger partial charge in [0, 0.05) is 22.3 Å². The fourth-order valence-corrected chi connectivity index (χ4v) is 6.13. The third kappa shape index (κ3) is 4.36. The Kier molecular flexibility index (Phi) is 6.39. The molecule has 1 aliphatic heterocycles. The summed E-state index contributed by atoms with van der Waals surface area (Å²) in [6, 6.07) is 25.0. The van der Waals surface area contributed by atoms with Crippen LogP contribution in [0.25, 0.3) is 54.6 Å². The predicted molar refractivity (Wildman–Crippen MR) is 166 cm³/mol. The van der Waals surface area contributed by atoms with E-state index in [0.29, 0.717) is 57.7 Å². The lowest BCUT2D eigenvalue weighted by atomic mass is 9.87. The summed E-state index contributed by atoms with van der Waals surface area (Å²) < 4.78 is 12.2. The third-order valence-corrected chi connectivity index (χ3v) is 8.17. The highest BCUT2D eigenvalue weighted by Gasteiger charge is 2.22. The SMILES string of the molecule is Oc1ccc2ccc3cc2c1-c1c(O)ccc2c(c(O)ccc12)-c1c(O)ccc2ccc(cc12)OCCCCCCO3. The molecule has 7 rings (SSSR count). The molecule has 0 atom stereocenters. The summed E-state index contributed by atoms with van der Waals surface area (Å²) >= 11 is 0. The van der Waals surface area contributed by atoms with E-state index in [1.54, 1.807) is 36.4 Å². The number of aromatic hydroxyl groups is 4. The lowest BCUT2D eigenvalue weighted by Crippen LogP contribution is -2.00. The van der Waals surface area contributed by atoms with Crippen molar-refractivity contribution in [2.75, 3.05) is 13.2 Å². The minimum Gasteiger partial charge on any atom is -0.507 e. The van der Waals surface area contributed by atoms with Gasteiger partial charge in [0.15, 0.2) is 0 Å². The maximum Gasteiger partial charge on any atom is 0.124 e. The van der Waals surface area contributed by atoms with Crippen molar-refractivity contribution in [2.45, 2.75) is 25.7 Å². The van der Waals surface area contributed by atoms with E-state index in [0.717, 1.165) is 47.2 Å². The van der Waals surface area contributed by atoms with Crippen LogP contribution in [0.2, 0.25) is 0 Å². The van der Waals surface area contributed by atoms with Crippen LogP contribution in [0.5, 0.6) is 34.5 Å².